The zero-order valence-electron chi connectivity index (χ0n) is 23.6. The fraction of sp³-hybridized carbons (Fsp3) is 0. The van der Waals surface area contributed by atoms with Gasteiger partial charge in [-0.2, -0.15) is 0 Å². The number of nitrogens with zero attached hydrogens (tertiary/aromatic N) is 2. The highest BCUT2D eigenvalue weighted by molar-refractivity contribution is 6.11. The average molecular weight is 549 g/mol. The van der Waals surface area contributed by atoms with Crippen LogP contribution in [0.15, 0.2) is 170 Å². The molecule has 202 valence electrons. The Morgan fingerprint density at radius 3 is 1.09 bits per heavy atom. The molecule has 0 atom stereocenters. The molecular weight excluding hydrogens is 520 g/mol. The van der Waals surface area contributed by atoms with Crippen molar-refractivity contribution in [2.45, 2.75) is 0 Å². The second-order valence-corrected chi connectivity index (χ2v) is 10.9. The van der Waals surface area contributed by atoms with Crippen LogP contribution in [0.3, 0.4) is 0 Å². The normalized spacial score (nSPS) is 11.3. The topological polar surface area (TPSA) is 17.8 Å². The van der Waals surface area contributed by atoms with Crippen molar-refractivity contribution in [1.82, 2.24) is 9.55 Å². The van der Waals surface area contributed by atoms with Gasteiger partial charge in [-0.3, -0.25) is 0 Å². The number of pyridine rings is 1. The molecule has 0 aliphatic carbocycles. The van der Waals surface area contributed by atoms with Crippen LogP contribution in [0.25, 0.3) is 72.3 Å². The summed E-state index contributed by atoms with van der Waals surface area (Å²) < 4.78 is 2.40. The van der Waals surface area contributed by atoms with Gasteiger partial charge in [0.15, 0.2) is 0 Å². The van der Waals surface area contributed by atoms with Crippen molar-refractivity contribution in [3.8, 4) is 50.5 Å². The SMILES string of the molecule is c1ccc(-c2ccc3c(c2)c2cc(-c4ccccc4)ccc2n3-c2cc(-c3ccccc3)nc(-c3ccccc3)c2)cc1. The number of aromatic nitrogens is 2. The Labute approximate surface area is 251 Å². The minimum Gasteiger partial charge on any atom is -0.309 e. The summed E-state index contributed by atoms with van der Waals surface area (Å²) in [7, 11) is 0. The molecule has 0 unspecified atom stereocenters. The van der Waals surface area contributed by atoms with Crippen molar-refractivity contribution >= 4 is 21.8 Å². The van der Waals surface area contributed by atoms with E-state index in [1.807, 2.05) is 12.1 Å². The molecule has 0 bridgehead atoms. The van der Waals surface area contributed by atoms with Crippen LogP contribution in [-0.2, 0) is 0 Å². The minimum absolute atomic E-state index is 0.953. The fourth-order valence-corrected chi connectivity index (χ4v) is 6.08. The molecule has 6 aromatic carbocycles. The first kappa shape index (κ1) is 25.0. The molecule has 2 aromatic heterocycles. The summed E-state index contributed by atoms with van der Waals surface area (Å²) in [6, 6.07) is 60.3. The van der Waals surface area contributed by atoms with Gasteiger partial charge in [-0.15, -0.1) is 0 Å². The maximum absolute atomic E-state index is 5.14. The van der Waals surface area contributed by atoms with Gasteiger partial charge in [0.1, 0.15) is 0 Å². The van der Waals surface area contributed by atoms with E-state index in [4.69, 9.17) is 4.98 Å². The maximum Gasteiger partial charge on any atom is 0.0730 e. The van der Waals surface area contributed by atoms with Crippen molar-refractivity contribution in [2.75, 3.05) is 0 Å². The van der Waals surface area contributed by atoms with Crippen LogP contribution in [0.2, 0.25) is 0 Å². The Balaban J connectivity index is 1.42. The monoisotopic (exact) mass is 548 g/mol. The predicted octanol–water partition coefficient (Wildman–Crippen LogP) is 10.8. The van der Waals surface area contributed by atoms with Crippen molar-refractivity contribution in [1.29, 1.82) is 0 Å². The molecule has 0 N–H and O–H groups in total. The van der Waals surface area contributed by atoms with Gasteiger partial charge in [0, 0.05) is 21.9 Å². The van der Waals surface area contributed by atoms with Crippen molar-refractivity contribution in [3.05, 3.63) is 170 Å². The lowest BCUT2D eigenvalue weighted by atomic mass is 10.0. The predicted molar refractivity (Wildman–Crippen MR) is 180 cm³/mol. The smallest absolute Gasteiger partial charge is 0.0730 e. The zero-order chi connectivity index (χ0) is 28.6. The first-order valence-corrected chi connectivity index (χ1v) is 14.6. The molecule has 0 saturated heterocycles. The standard InChI is InChI=1S/C41H28N2/c1-5-13-29(14-6-1)33-21-23-40-36(25-33)37-26-34(30-15-7-2-8-16-30)22-24-41(37)43(40)35-27-38(31-17-9-3-10-18-31)42-39(28-35)32-19-11-4-12-20-32/h1-28H. The van der Waals surface area contributed by atoms with E-state index in [1.54, 1.807) is 0 Å². The lowest BCUT2D eigenvalue weighted by Gasteiger charge is -2.13. The van der Waals surface area contributed by atoms with Crippen LogP contribution < -0.4 is 0 Å². The van der Waals surface area contributed by atoms with Gasteiger partial charge in [0.25, 0.3) is 0 Å². The van der Waals surface area contributed by atoms with E-state index in [-0.39, 0.29) is 0 Å². The lowest BCUT2D eigenvalue weighted by Crippen LogP contribution is -1.98. The highest BCUT2D eigenvalue weighted by Gasteiger charge is 2.17. The van der Waals surface area contributed by atoms with Gasteiger partial charge in [-0.25, -0.2) is 4.98 Å². The molecule has 0 spiro atoms. The first-order chi connectivity index (χ1) is 21.3. The van der Waals surface area contributed by atoms with E-state index in [0.717, 1.165) is 28.2 Å². The third kappa shape index (κ3) is 4.60. The number of fused-ring (bicyclic) bond motifs is 3. The van der Waals surface area contributed by atoms with Crippen LogP contribution >= 0.6 is 0 Å². The highest BCUT2D eigenvalue weighted by atomic mass is 15.0. The van der Waals surface area contributed by atoms with Crippen molar-refractivity contribution in [2.24, 2.45) is 0 Å². The summed E-state index contributed by atoms with van der Waals surface area (Å²) in [5, 5.41) is 2.46. The Hall–Kier alpha value is -5.73. The molecular formula is C41H28N2. The van der Waals surface area contributed by atoms with E-state index in [9.17, 15) is 0 Å². The fourth-order valence-electron chi connectivity index (χ4n) is 6.08. The summed E-state index contributed by atoms with van der Waals surface area (Å²) in [6.07, 6.45) is 0. The molecule has 8 aromatic rings. The molecule has 8 rings (SSSR count). The molecule has 2 nitrogen and oxygen atoms in total. The zero-order valence-corrected chi connectivity index (χ0v) is 23.6. The maximum atomic E-state index is 5.14. The van der Waals surface area contributed by atoms with Gasteiger partial charge in [-0.1, -0.05) is 133 Å². The Kier molecular flexibility index (Phi) is 6.16. The van der Waals surface area contributed by atoms with Crippen molar-refractivity contribution < 1.29 is 0 Å². The summed E-state index contributed by atoms with van der Waals surface area (Å²) >= 11 is 0. The largest absolute Gasteiger partial charge is 0.309 e. The molecule has 0 aliphatic heterocycles. The van der Waals surface area contributed by atoms with Crippen LogP contribution in [0.4, 0.5) is 0 Å². The Morgan fingerprint density at radius 2 is 0.698 bits per heavy atom. The van der Waals surface area contributed by atoms with E-state index in [2.05, 4.69) is 162 Å². The molecule has 0 radical (unpaired) electrons. The minimum atomic E-state index is 0.953. The van der Waals surface area contributed by atoms with Gasteiger partial charge in [0.05, 0.1) is 28.1 Å². The van der Waals surface area contributed by atoms with E-state index >= 15 is 0 Å². The van der Waals surface area contributed by atoms with E-state index < -0.39 is 0 Å². The van der Waals surface area contributed by atoms with E-state index in [1.165, 1.54) is 44.1 Å². The Bertz CT molecular complexity index is 2040. The van der Waals surface area contributed by atoms with Crippen LogP contribution in [0.1, 0.15) is 0 Å². The highest BCUT2D eigenvalue weighted by Crippen LogP contribution is 2.38. The number of rotatable bonds is 5. The van der Waals surface area contributed by atoms with Gasteiger partial charge in [0.2, 0.25) is 0 Å². The van der Waals surface area contributed by atoms with Crippen LogP contribution in [-0.4, -0.2) is 9.55 Å². The van der Waals surface area contributed by atoms with Crippen molar-refractivity contribution in [3.63, 3.8) is 0 Å². The van der Waals surface area contributed by atoms with Gasteiger partial charge >= 0.3 is 0 Å². The third-order valence-corrected chi connectivity index (χ3v) is 8.19. The third-order valence-electron chi connectivity index (χ3n) is 8.19. The number of benzene rings is 6. The lowest BCUT2D eigenvalue weighted by molar-refractivity contribution is 1.16. The van der Waals surface area contributed by atoms with Gasteiger partial charge in [-0.05, 0) is 58.7 Å². The Morgan fingerprint density at radius 1 is 0.326 bits per heavy atom. The molecule has 0 aliphatic rings. The molecule has 0 saturated carbocycles. The summed E-state index contributed by atoms with van der Waals surface area (Å²) in [5.74, 6) is 0. The molecule has 0 amide bonds. The average Bonchev–Trinajstić information content (AvgIpc) is 3.42. The number of hydrogen-bond donors (Lipinski definition) is 0. The first-order valence-electron chi connectivity index (χ1n) is 14.6. The van der Waals surface area contributed by atoms with E-state index in [0.29, 0.717) is 0 Å². The van der Waals surface area contributed by atoms with Gasteiger partial charge < -0.3 is 4.57 Å². The molecule has 43 heavy (non-hydrogen) atoms. The summed E-state index contributed by atoms with van der Waals surface area (Å²) in [5.41, 5.74) is 12.4. The second-order valence-electron chi connectivity index (χ2n) is 10.9. The summed E-state index contributed by atoms with van der Waals surface area (Å²) in [4.78, 5) is 5.14. The number of hydrogen-bond acceptors (Lipinski definition) is 1. The quantitative estimate of drug-likeness (QED) is 0.209. The molecule has 2 heterocycles. The summed E-state index contributed by atoms with van der Waals surface area (Å²) in [6.45, 7) is 0. The molecule has 2 heteroatoms. The second kappa shape index (κ2) is 10.6. The molecule has 0 fully saturated rings. The van der Waals surface area contributed by atoms with Crippen LogP contribution in [0.5, 0.6) is 0 Å². The van der Waals surface area contributed by atoms with Crippen LogP contribution in [0, 0.1) is 0 Å².